The Kier molecular flexibility index (Phi) is 8.11. The van der Waals surface area contributed by atoms with E-state index in [2.05, 4.69) is 47.8 Å². The molecule has 41 heavy (non-hydrogen) atoms. The van der Waals surface area contributed by atoms with Gasteiger partial charge in [-0.3, -0.25) is 4.79 Å². The smallest absolute Gasteiger partial charge is 0.367 e. The van der Waals surface area contributed by atoms with Crippen molar-refractivity contribution in [2.45, 2.75) is 32.0 Å². The predicted octanol–water partition coefficient (Wildman–Crippen LogP) is 5.76. The third-order valence-corrected chi connectivity index (χ3v) is 6.93. The summed E-state index contributed by atoms with van der Waals surface area (Å²) in [6, 6.07) is 11.7. The molecule has 0 spiro atoms. The Morgan fingerprint density at radius 2 is 1.80 bits per heavy atom. The van der Waals surface area contributed by atoms with E-state index in [-0.39, 0.29) is 5.56 Å². The van der Waals surface area contributed by atoms with Crippen molar-refractivity contribution in [3.63, 3.8) is 0 Å². The van der Waals surface area contributed by atoms with Gasteiger partial charge in [0.25, 0.3) is 5.91 Å². The fraction of sp³-hybridized carbons (Fsp3) is 0.276. The lowest BCUT2D eigenvalue weighted by Gasteiger charge is -2.29. The molecule has 0 atom stereocenters. The maximum Gasteiger partial charge on any atom is 0.416 e. The second-order valence-electron chi connectivity index (χ2n) is 9.98. The van der Waals surface area contributed by atoms with Crippen molar-refractivity contribution < 1.29 is 18.0 Å². The summed E-state index contributed by atoms with van der Waals surface area (Å²) in [7, 11) is 2.12. The number of nitrogens with zero attached hydrogens (tertiary/aromatic N) is 5. The Morgan fingerprint density at radius 3 is 2.59 bits per heavy atom. The number of anilines is 4. The van der Waals surface area contributed by atoms with Gasteiger partial charge in [0.15, 0.2) is 0 Å². The van der Waals surface area contributed by atoms with Gasteiger partial charge in [-0.15, -0.1) is 0 Å². The fourth-order valence-corrected chi connectivity index (χ4v) is 4.56. The number of aryl methyl sites for hydroxylation is 1. The molecule has 2 aromatic carbocycles. The van der Waals surface area contributed by atoms with Gasteiger partial charge in [0.2, 0.25) is 0 Å². The second-order valence-corrected chi connectivity index (χ2v) is 9.98. The minimum atomic E-state index is -4.54. The van der Waals surface area contributed by atoms with Crippen molar-refractivity contribution in [2.75, 3.05) is 36.1 Å². The van der Waals surface area contributed by atoms with E-state index < -0.39 is 17.6 Å². The molecule has 1 saturated heterocycles. The van der Waals surface area contributed by atoms with Crippen LogP contribution in [0.1, 0.15) is 34.3 Å². The van der Waals surface area contributed by atoms with E-state index in [1.54, 1.807) is 24.4 Å². The minimum absolute atomic E-state index is 0.0959. The highest BCUT2D eigenvalue weighted by atomic mass is 19.4. The van der Waals surface area contributed by atoms with Gasteiger partial charge in [-0.1, -0.05) is 12.1 Å². The lowest BCUT2D eigenvalue weighted by Crippen LogP contribution is -2.36. The number of nitrogens with one attached hydrogen (secondary N) is 3. The number of benzene rings is 2. The molecule has 0 aliphatic carbocycles. The Labute approximate surface area is 235 Å². The Hall–Kier alpha value is -4.58. The standard InChI is InChI=1S/C29H29F3N8O/c1-18-6-7-22(38-28(41)19-4-3-5-20(12-19)29(30,31)32)13-24(18)39-27-23(15-33-16-36-27)25-14-26(35-17-34-25)37-21-8-10-40(2)11-9-21/h3-7,12-17,21H,8-11H2,1-2H3,(H,38,41)(H,33,36,39)(H,34,35,37). The quantitative estimate of drug-likeness (QED) is 0.261. The minimum Gasteiger partial charge on any atom is -0.367 e. The summed E-state index contributed by atoms with van der Waals surface area (Å²) >= 11 is 0. The first-order valence-electron chi connectivity index (χ1n) is 13.1. The summed E-state index contributed by atoms with van der Waals surface area (Å²) in [6.45, 7) is 3.93. The van der Waals surface area contributed by atoms with Gasteiger partial charge in [-0.25, -0.2) is 19.9 Å². The van der Waals surface area contributed by atoms with Gasteiger partial charge in [0, 0.05) is 35.2 Å². The van der Waals surface area contributed by atoms with Crippen LogP contribution < -0.4 is 16.0 Å². The SMILES string of the molecule is Cc1ccc(NC(=O)c2cccc(C(F)(F)F)c2)cc1Nc1ncncc1-c1cc(NC2CCN(C)CC2)ncn1. The van der Waals surface area contributed by atoms with Crippen LogP contribution in [0.3, 0.4) is 0 Å². The number of alkyl halides is 3. The second kappa shape index (κ2) is 11.9. The van der Waals surface area contributed by atoms with Crippen LogP contribution in [0.4, 0.5) is 36.2 Å². The highest BCUT2D eigenvalue weighted by molar-refractivity contribution is 6.04. The first-order chi connectivity index (χ1) is 19.7. The monoisotopic (exact) mass is 562 g/mol. The molecular weight excluding hydrogens is 533 g/mol. The van der Waals surface area contributed by atoms with E-state index in [1.165, 1.54) is 24.8 Å². The third-order valence-electron chi connectivity index (χ3n) is 6.93. The number of hydrogen-bond donors (Lipinski definition) is 3. The number of halogens is 3. The molecule has 1 aliphatic heterocycles. The van der Waals surface area contributed by atoms with Gasteiger partial charge >= 0.3 is 6.18 Å². The van der Waals surface area contributed by atoms with Crippen LogP contribution in [0, 0.1) is 6.92 Å². The van der Waals surface area contributed by atoms with Crippen molar-refractivity contribution in [1.82, 2.24) is 24.8 Å². The first-order valence-corrected chi connectivity index (χ1v) is 13.1. The van der Waals surface area contributed by atoms with Crippen LogP contribution in [0.15, 0.2) is 67.4 Å². The highest BCUT2D eigenvalue weighted by Gasteiger charge is 2.31. The van der Waals surface area contributed by atoms with E-state index in [0.717, 1.165) is 49.4 Å². The Balaban J connectivity index is 1.34. The van der Waals surface area contributed by atoms with E-state index in [9.17, 15) is 18.0 Å². The molecule has 212 valence electrons. The molecule has 4 aromatic rings. The number of hydrogen-bond acceptors (Lipinski definition) is 8. The molecule has 9 nitrogen and oxygen atoms in total. The lowest BCUT2D eigenvalue weighted by molar-refractivity contribution is -0.137. The molecule has 0 bridgehead atoms. The van der Waals surface area contributed by atoms with Gasteiger partial charge in [0.05, 0.1) is 16.8 Å². The van der Waals surface area contributed by atoms with E-state index in [1.807, 2.05) is 13.0 Å². The van der Waals surface area contributed by atoms with Crippen LogP contribution in [0.2, 0.25) is 0 Å². The van der Waals surface area contributed by atoms with Crippen LogP contribution in [0.25, 0.3) is 11.3 Å². The number of likely N-dealkylation sites (tertiary alicyclic amines) is 1. The molecule has 5 rings (SSSR count). The maximum absolute atomic E-state index is 13.1. The topological polar surface area (TPSA) is 108 Å². The summed E-state index contributed by atoms with van der Waals surface area (Å²) in [6.07, 6.45) is 2.08. The zero-order valence-electron chi connectivity index (χ0n) is 22.5. The molecule has 0 radical (unpaired) electrons. The summed E-state index contributed by atoms with van der Waals surface area (Å²) in [5.74, 6) is 0.558. The molecule has 2 aromatic heterocycles. The molecule has 3 heterocycles. The summed E-state index contributed by atoms with van der Waals surface area (Å²) in [5, 5.41) is 9.46. The molecule has 0 unspecified atom stereocenters. The van der Waals surface area contributed by atoms with Crippen LogP contribution in [-0.2, 0) is 6.18 Å². The van der Waals surface area contributed by atoms with Gasteiger partial charge < -0.3 is 20.9 Å². The number of carbonyl (C=O) groups excluding carboxylic acids is 1. The van der Waals surface area contributed by atoms with Gasteiger partial charge in [-0.2, -0.15) is 13.2 Å². The zero-order chi connectivity index (χ0) is 29.0. The largest absolute Gasteiger partial charge is 0.416 e. The maximum atomic E-state index is 13.1. The first kappa shape index (κ1) is 28.0. The summed E-state index contributed by atoms with van der Waals surface area (Å²) in [4.78, 5) is 32.5. The molecule has 1 aliphatic rings. The predicted molar refractivity (Wildman–Crippen MR) is 151 cm³/mol. The number of rotatable bonds is 7. The molecule has 12 heteroatoms. The van der Waals surface area contributed by atoms with Crippen molar-refractivity contribution in [2.24, 2.45) is 0 Å². The third kappa shape index (κ3) is 6.95. The molecule has 1 fully saturated rings. The summed E-state index contributed by atoms with van der Waals surface area (Å²) < 4.78 is 39.3. The molecule has 1 amide bonds. The molecular formula is C29H29F3N8O. The van der Waals surface area contributed by atoms with Gasteiger partial charge in [0.1, 0.15) is 24.3 Å². The highest BCUT2D eigenvalue weighted by Crippen LogP contribution is 2.32. The average Bonchev–Trinajstić information content (AvgIpc) is 2.96. The van der Waals surface area contributed by atoms with Crippen LogP contribution in [0.5, 0.6) is 0 Å². The Bertz CT molecular complexity index is 1540. The van der Waals surface area contributed by atoms with Crippen molar-refractivity contribution >= 4 is 28.9 Å². The number of amides is 1. The van der Waals surface area contributed by atoms with E-state index >= 15 is 0 Å². The number of aromatic nitrogens is 4. The zero-order valence-corrected chi connectivity index (χ0v) is 22.5. The molecule has 0 saturated carbocycles. The van der Waals surface area contributed by atoms with Crippen molar-refractivity contribution in [3.8, 4) is 11.3 Å². The average molecular weight is 563 g/mol. The molecule has 3 N–H and O–H groups in total. The Morgan fingerprint density at radius 1 is 1.00 bits per heavy atom. The van der Waals surface area contributed by atoms with Crippen molar-refractivity contribution in [1.29, 1.82) is 0 Å². The lowest BCUT2D eigenvalue weighted by atomic mass is 10.1. The fourth-order valence-electron chi connectivity index (χ4n) is 4.56. The van der Waals surface area contributed by atoms with Crippen LogP contribution >= 0.6 is 0 Å². The normalized spacial score (nSPS) is 14.5. The van der Waals surface area contributed by atoms with Gasteiger partial charge in [-0.05, 0) is 75.8 Å². The number of piperidine rings is 1. The van der Waals surface area contributed by atoms with E-state index in [4.69, 9.17) is 0 Å². The van der Waals surface area contributed by atoms with E-state index in [0.29, 0.717) is 34.5 Å². The number of carbonyl (C=O) groups is 1. The van der Waals surface area contributed by atoms with Crippen LogP contribution in [-0.4, -0.2) is 56.9 Å². The summed E-state index contributed by atoms with van der Waals surface area (Å²) in [5.41, 5.74) is 2.21. The van der Waals surface area contributed by atoms with Crippen molar-refractivity contribution in [3.05, 3.63) is 84.1 Å².